The van der Waals surface area contributed by atoms with E-state index in [0.717, 1.165) is 19.4 Å². The maximum Gasteiger partial charge on any atom is 0.218 e. The van der Waals surface area contributed by atoms with E-state index >= 15 is 0 Å². The van der Waals surface area contributed by atoms with E-state index in [1.807, 2.05) is 0 Å². The third kappa shape index (κ3) is 3.02. The highest BCUT2D eigenvalue weighted by atomic mass is 32.2. The van der Waals surface area contributed by atoms with Crippen molar-refractivity contribution in [1.82, 2.24) is 9.62 Å². The normalized spacial score (nSPS) is 27.4. The van der Waals surface area contributed by atoms with Gasteiger partial charge < -0.3 is 11.1 Å². The van der Waals surface area contributed by atoms with Crippen molar-refractivity contribution in [2.24, 2.45) is 11.7 Å². The van der Waals surface area contributed by atoms with Crippen LogP contribution in [0.1, 0.15) is 25.7 Å². The maximum atomic E-state index is 12.3. The highest BCUT2D eigenvalue weighted by Gasteiger charge is 2.36. The molecule has 2 rings (SSSR count). The van der Waals surface area contributed by atoms with Gasteiger partial charge in [-0.1, -0.05) is 0 Å². The zero-order valence-electron chi connectivity index (χ0n) is 10.5. The standard InChI is InChI=1S/C11H21N3O3S/c12-11(15)7-9-2-5-14(6-3-9)18(16,17)10-1-4-13-8-10/h9-10,13H,1-8H2,(H2,12,15). The highest BCUT2D eigenvalue weighted by molar-refractivity contribution is 7.89. The number of carbonyl (C=O) groups excluding carboxylic acids is 1. The first-order valence-electron chi connectivity index (χ1n) is 6.48. The van der Waals surface area contributed by atoms with Crippen molar-refractivity contribution in [2.75, 3.05) is 26.2 Å². The molecule has 3 N–H and O–H groups in total. The van der Waals surface area contributed by atoms with Crippen LogP contribution < -0.4 is 11.1 Å². The van der Waals surface area contributed by atoms with Gasteiger partial charge in [-0.15, -0.1) is 0 Å². The first-order chi connectivity index (χ1) is 8.50. The van der Waals surface area contributed by atoms with Crippen molar-refractivity contribution < 1.29 is 13.2 Å². The summed E-state index contributed by atoms with van der Waals surface area (Å²) in [7, 11) is -3.16. The number of piperidine rings is 1. The summed E-state index contributed by atoms with van der Waals surface area (Å²) in [5, 5.41) is 2.81. The van der Waals surface area contributed by atoms with Gasteiger partial charge in [0.05, 0.1) is 5.25 Å². The molecule has 0 aromatic rings. The molecule has 0 aromatic heterocycles. The van der Waals surface area contributed by atoms with E-state index in [9.17, 15) is 13.2 Å². The minimum absolute atomic E-state index is 0.246. The van der Waals surface area contributed by atoms with Crippen LogP contribution in [0.2, 0.25) is 0 Å². The van der Waals surface area contributed by atoms with E-state index in [-0.39, 0.29) is 17.1 Å². The van der Waals surface area contributed by atoms with E-state index < -0.39 is 10.0 Å². The van der Waals surface area contributed by atoms with E-state index in [1.165, 1.54) is 0 Å². The highest BCUT2D eigenvalue weighted by Crippen LogP contribution is 2.25. The number of nitrogens with zero attached hydrogens (tertiary/aromatic N) is 1. The Balaban J connectivity index is 1.90. The smallest absolute Gasteiger partial charge is 0.218 e. The predicted octanol–water partition coefficient (Wildman–Crippen LogP) is -0.734. The van der Waals surface area contributed by atoms with Gasteiger partial charge in [-0.05, 0) is 31.7 Å². The molecule has 0 spiro atoms. The van der Waals surface area contributed by atoms with Gasteiger partial charge in [0, 0.05) is 26.1 Å². The molecule has 2 aliphatic heterocycles. The van der Waals surface area contributed by atoms with Gasteiger partial charge in [-0.3, -0.25) is 4.79 Å². The van der Waals surface area contributed by atoms with Gasteiger partial charge >= 0.3 is 0 Å². The zero-order valence-corrected chi connectivity index (χ0v) is 11.3. The molecule has 1 unspecified atom stereocenters. The third-order valence-electron chi connectivity index (χ3n) is 3.86. The number of carbonyl (C=O) groups is 1. The Labute approximate surface area is 108 Å². The summed E-state index contributed by atoms with van der Waals surface area (Å²) < 4.78 is 26.2. The average molecular weight is 275 g/mol. The van der Waals surface area contributed by atoms with Crippen molar-refractivity contribution >= 4 is 15.9 Å². The summed E-state index contributed by atoms with van der Waals surface area (Å²) in [5.41, 5.74) is 5.16. The Morgan fingerprint density at radius 1 is 1.28 bits per heavy atom. The molecule has 2 heterocycles. The Morgan fingerprint density at radius 3 is 2.44 bits per heavy atom. The number of hydrogen-bond donors (Lipinski definition) is 2. The average Bonchev–Trinajstić information content (AvgIpc) is 2.83. The summed E-state index contributed by atoms with van der Waals surface area (Å²) >= 11 is 0. The van der Waals surface area contributed by atoms with Gasteiger partial charge in [0.25, 0.3) is 0 Å². The Hall–Kier alpha value is -0.660. The Bertz CT molecular complexity index is 396. The number of hydrogen-bond acceptors (Lipinski definition) is 4. The SMILES string of the molecule is NC(=O)CC1CCN(S(=O)(=O)C2CCNC2)CC1. The molecular weight excluding hydrogens is 254 g/mol. The molecule has 0 bridgehead atoms. The topological polar surface area (TPSA) is 92.5 Å². The lowest BCUT2D eigenvalue weighted by atomic mass is 9.94. The van der Waals surface area contributed by atoms with Crippen LogP contribution in [-0.2, 0) is 14.8 Å². The summed E-state index contributed by atoms with van der Waals surface area (Å²) in [6, 6.07) is 0. The molecule has 0 saturated carbocycles. The fourth-order valence-corrected chi connectivity index (χ4v) is 4.63. The minimum Gasteiger partial charge on any atom is -0.370 e. The molecule has 6 nitrogen and oxygen atoms in total. The van der Waals surface area contributed by atoms with Crippen LogP contribution >= 0.6 is 0 Å². The molecule has 104 valence electrons. The van der Waals surface area contributed by atoms with Crippen LogP contribution in [0.4, 0.5) is 0 Å². The van der Waals surface area contributed by atoms with Gasteiger partial charge in [0.1, 0.15) is 0 Å². The van der Waals surface area contributed by atoms with Crippen molar-refractivity contribution in [3.8, 4) is 0 Å². The number of amides is 1. The molecule has 0 radical (unpaired) electrons. The maximum absolute atomic E-state index is 12.3. The van der Waals surface area contributed by atoms with Crippen molar-refractivity contribution in [2.45, 2.75) is 30.9 Å². The molecular formula is C11H21N3O3S. The molecule has 2 saturated heterocycles. The molecule has 2 aliphatic rings. The quantitative estimate of drug-likeness (QED) is 0.707. The summed E-state index contributed by atoms with van der Waals surface area (Å²) in [4.78, 5) is 10.8. The van der Waals surface area contributed by atoms with E-state index in [4.69, 9.17) is 5.73 Å². The number of nitrogens with one attached hydrogen (secondary N) is 1. The van der Waals surface area contributed by atoms with Crippen molar-refractivity contribution in [1.29, 1.82) is 0 Å². The van der Waals surface area contributed by atoms with Crippen LogP contribution in [-0.4, -0.2) is 50.1 Å². The molecule has 0 aromatic carbocycles. The lowest BCUT2D eigenvalue weighted by Gasteiger charge is -2.32. The first kappa shape index (κ1) is 13.8. The summed E-state index contributed by atoms with van der Waals surface area (Å²) in [5.74, 6) is -0.0491. The van der Waals surface area contributed by atoms with Crippen LogP contribution in [0.15, 0.2) is 0 Å². The fraction of sp³-hybridized carbons (Fsp3) is 0.909. The lowest BCUT2D eigenvalue weighted by Crippen LogP contribution is -2.44. The van der Waals surface area contributed by atoms with Crippen molar-refractivity contribution in [3.63, 3.8) is 0 Å². The van der Waals surface area contributed by atoms with Crippen LogP contribution in [0.5, 0.6) is 0 Å². The second-order valence-corrected chi connectivity index (χ2v) is 7.39. The number of nitrogens with two attached hydrogens (primary N) is 1. The van der Waals surface area contributed by atoms with Gasteiger partial charge in [-0.25, -0.2) is 12.7 Å². The first-order valence-corrected chi connectivity index (χ1v) is 7.98. The number of primary amides is 1. The number of sulfonamides is 1. The molecule has 18 heavy (non-hydrogen) atoms. The monoisotopic (exact) mass is 275 g/mol. The Kier molecular flexibility index (Phi) is 4.24. The number of rotatable bonds is 4. The summed E-state index contributed by atoms with van der Waals surface area (Å²) in [6.45, 7) is 2.39. The van der Waals surface area contributed by atoms with Crippen LogP contribution in [0.25, 0.3) is 0 Å². The molecule has 2 fully saturated rings. The zero-order chi connectivity index (χ0) is 13.2. The summed E-state index contributed by atoms with van der Waals surface area (Å²) in [6.07, 6.45) is 2.55. The van der Waals surface area contributed by atoms with Gasteiger partial charge in [0.2, 0.25) is 15.9 Å². The van der Waals surface area contributed by atoms with Crippen LogP contribution in [0, 0.1) is 5.92 Å². The minimum atomic E-state index is -3.16. The second kappa shape index (κ2) is 5.54. The Morgan fingerprint density at radius 2 is 1.94 bits per heavy atom. The van der Waals surface area contributed by atoms with Crippen LogP contribution in [0.3, 0.4) is 0 Å². The van der Waals surface area contributed by atoms with E-state index in [2.05, 4.69) is 5.32 Å². The van der Waals surface area contributed by atoms with Crippen molar-refractivity contribution in [3.05, 3.63) is 0 Å². The van der Waals surface area contributed by atoms with E-state index in [0.29, 0.717) is 32.5 Å². The molecule has 1 atom stereocenters. The van der Waals surface area contributed by atoms with E-state index in [1.54, 1.807) is 4.31 Å². The predicted molar refractivity (Wildman–Crippen MR) is 68.3 cm³/mol. The molecule has 1 amide bonds. The van der Waals surface area contributed by atoms with Gasteiger partial charge in [-0.2, -0.15) is 0 Å². The largest absolute Gasteiger partial charge is 0.370 e. The fourth-order valence-electron chi connectivity index (χ4n) is 2.75. The third-order valence-corrected chi connectivity index (χ3v) is 6.19. The van der Waals surface area contributed by atoms with Gasteiger partial charge in [0.15, 0.2) is 0 Å². The lowest BCUT2D eigenvalue weighted by molar-refractivity contribution is -0.119. The molecule has 7 heteroatoms. The molecule has 0 aliphatic carbocycles. The second-order valence-electron chi connectivity index (χ2n) is 5.17.